The molecule has 3 unspecified atom stereocenters. The second-order valence-corrected chi connectivity index (χ2v) is 18.8. The van der Waals surface area contributed by atoms with E-state index in [9.17, 15) is 45.9 Å². The Morgan fingerprint density at radius 1 is 0.661 bits per heavy atom. The van der Waals surface area contributed by atoms with Crippen LogP contribution < -0.4 is 9.03 Å². The summed E-state index contributed by atoms with van der Waals surface area (Å²) in [7, 11) is 0.317. The zero-order valence-corrected chi connectivity index (χ0v) is 38.2. The minimum atomic E-state index is -4.44. The molecule has 0 aromatic heterocycles. The van der Waals surface area contributed by atoms with Crippen LogP contribution in [-0.2, 0) is 40.5 Å². The van der Waals surface area contributed by atoms with Crippen LogP contribution in [0.15, 0.2) is 61.8 Å². The van der Waals surface area contributed by atoms with E-state index >= 15 is 0 Å². The first kappa shape index (κ1) is 49.3. The summed E-state index contributed by atoms with van der Waals surface area (Å²) in [6.45, 7) is 11.6. The Labute approximate surface area is 364 Å². The van der Waals surface area contributed by atoms with Crippen molar-refractivity contribution in [2.45, 2.75) is 109 Å². The lowest BCUT2D eigenvalue weighted by atomic mass is 10.0. The Hall–Kier alpha value is -5.32. The predicted molar refractivity (Wildman–Crippen MR) is 228 cm³/mol. The molecule has 2 aliphatic rings. The maximum absolute atomic E-state index is 14.4. The van der Waals surface area contributed by atoms with Gasteiger partial charge in [-0.05, 0) is 62.8 Å². The maximum Gasteiger partial charge on any atom is 0.333 e. The highest BCUT2D eigenvalue weighted by atomic mass is 32.2. The molecule has 0 saturated carbocycles. The van der Waals surface area contributed by atoms with E-state index in [1.165, 1.54) is 64.6 Å². The summed E-state index contributed by atoms with van der Waals surface area (Å²) in [4.78, 5) is 78.6. The van der Waals surface area contributed by atoms with Crippen molar-refractivity contribution < 1.29 is 45.9 Å². The standard InChI is InChI=1S/C40H56N10O10S2/c1-23(2)13-11-15-25(5)45-62(59,60)32-22-28(42-44-34-37(53)48(9)40(56)49(10)38(34)54)18-20-30(32)29-19-17-27(41-43-33-35(51)46(7)39(55)47(8)36(33)52)21-31(29)50(61(57)58)26(6)16-12-14-24(3)4/h17-26,33-34,45H,11-16H2,1-10H3,(H,57,58)/p-1. The Bertz CT molecular complexity index is 2220. The number of hydrogen-bond acceptors (Lipinski definition) is 14. The van der Waals surface area contributed by atoms with E-state index in [0.717, 1.165) is 43.2 Å². The third-order valence-corrected chi connectivity index (χ3v) is 13.0. The quantitative estimate of drug-likeness (QED) is 0.103. The van der Waals surface area contributed by atoms with Gasteiger partial charge in [0.25, 0.3) is 23.6 Å². The van der Waals surface area contributed by atoms with Gasteiger partial charge in [0, 0.05) is 62.7 Å². The van der Waals surface area contributed by atoms with Crippen LogP contribution >= 0.6 is 0 Å². The van der Waals surface area contributed by atoms with Gasteiger partial charge in [0.15, 0.2) is 0 Å². The summed E-state index contributed by atoms with van der Waals surface area (Å²) in [6.07, 6.45) is 3.99. The van der Waals surface area contributed by atoms with Gasteiger partial charge in [0.1, 0.15) is 0 Å². The van der Waals surface area contributed by atoms with Crippen LogP contribution in [0.1, 0.15) is 80.1 Å². The fourth-order valence-electron chi connectivity index (χ4n) is 6.85. The summed E-state index contributed by atoms with van der Waals surface area (Å²) in [5.41, 5.74) is 0.0524. The number of imide groups is 4. The second-order valence-electron chi connectivity index (χ2n) is 16.3. The minimum Gasteiger partial charge on any atom is -0.755 e. The topological polar surface area (TPSA) is 254 Å². The molecular weight excluding hydrogens is 845 g/mol. The highest BCUT2D eigenvalue weighted by Crippen LogP contribution is 2.41. The highest BCUT2D eigenvalue weighted by molar-refractivity contribution is 7.89. The highest BCUT2D eigenvalue weighted by Gasteiger charge is 2.44. The van der Waals surface area contributed by atoms with E-state index in [-0.39, 0.29) is 33.1 Å². The van der Waals surface area contributed by atoms with Crippen LogP contribution in [0.5, 0.6) is 0 Å². The number of anilines is 1. The van der Waals surface area contributed by atoms with E-state index in [4.69, 9.17) is 0 Å². The summed E-state index contributed by atoms with van der Waals surface area (Å²) in [6, 6.07) is 1.80. The second kappa shape index (κ2) is 20.7. The van der Waals surface area contributed by atoms with Gasteiger partial charge in [-0.15, -0.1) is 0 Å². The molecule has 338 valence electrons. The number of nitrogens with zero attached hydrogens (tertiary/aromatic N) is 9. The lowest BCUT2D eigenvalue weighted by Crippen LogP contribution is -2.58. The molecule has 62 heavy (non-hydrogen) atoms. The van der Waals surface area contributed by atoms with Crippen molar-refractivity contribution >= 4 is 74.0 Å². The summed E-state index contributed by atoms with van der Waals surface area (Å²) < 4.78 is 59.1. The van der Waals surface area contributed by atoms with E-state index < -0.39 is 81.1 Å². The summed E-state index contributed by atoms with van der Waals surface area (Å²) >= 11 is -2.94. The fourth-order valence-corrected chi connectivity index (χ4v) is 9.08. The fraction of sp³-hybridized carbons (Fsp3) is 0.550. The van der Waals surface area contributed by atoms with E-state index in [1.54, 1.807) is 13.8 Å². The Morgan fingerprint density at radius 2 is 1.08 bits per heavy atom. The normalized spacial score (nSPS) is 17.8. The molecule has 2 fully saturated rings. The molecule has 3 atom stereocenters. The summed E-state index contributed by atoms with van der Waals surface area (Å²) in [5.74, 6) is -2.95. The molecule has 22 heteroatoms. The van der Waals surface area contributed by atoms with Gasteiger partial charge >= 0.3 is 12.1 Å². The van der Waals surface area contributed by atoms with Crippen LogP contribution in [-0.4, -0.2) is 125 Å². The molecule has 2 heterocycles. The smallest absolute Gasteiger partial charge is 0.333 e. The number of urea groups is 2. The molecule has 20 nitrogen and oxygen atoms in total. The molecule has 1 N–H and O–H groups in total. The third kappa shape index (κ3) is 11.4. The van der Waals surface area contributed by atoms with Gasteiger partial charge < -0.3 is 4.55 Å². The third-order valence-electron chi connectivity index (χ3n) is 10.5. The zero-order valence-electron chi connectivity index (χ0n) is 36.6. The van der Waals surface area contributed by atoms with Gasteiger partial charge in [-0.1, -0.05) is 65.5 Å². The number of carbonyl (C=O) groups excluding carboxylic acids is 6. The number of benzene rings is 2. The van der Waals surface area contributed by atoms with Crippen LogP contribution in [0.3, 0.4) is 0 Å². The van der Waals surface area contributed by atoms with Crippen molar-refractivity contribution in [1.82, 2.24) is 24.3 Å². The van der Waals surface area contributed by atoms with Crippen molar-refractivity contribution in [1.29, 1.82) is 0 Å². The van der Waals surface area contributed by atoms with Crippen LogP contribution in [0.25, 0.3) is 11.1 Å². The van der Waals surface area contributed by atoms with E-state index in [0.29, 0.717) is 31.1 Å². The number of carbonyl (C=O) groups is 6. The Morgan fingerprint density at radius 3 is 1.52 bits per heavy atom. The monoisotopic (exact) mass is 899 g/mol. The molecule has 0 spiro atoms. The van der Waals surface area contributed by atoms with Crippen LogP contribution in [0, 0.1) is 11.8 Å². The van der Waals surface area contributed by atoms with E-state index in [2.05, 4.69) is 39.0 Å². The lowest BCUT2D eigenvalue weighted by Gasteiger charge is -2.34. The minimum absolute atomic E-state index is 0.00153. The molecule has 2 aromatic carbocycles. The first-order chi connectivity index (χ1) is 29.0. The van der Waals surface area contributed by atoms with Crippen molar-refractivity contribution in [3.05, 3.63) is 36.4 Å². The first-order valence-corrected chi connectivity index (χ1v) is 22.7. The number of azo groups is 2. The summed E-state index contributed by atoms with van der Waals surface area (Å²) in [5, 5.41) is 16.0. The molecular formula is C40H55N10O10S2-. The van der Waals surface area contributed by atoms with Gasteiger partial charge in [-0.3, -0.25) is 47.3 Å². The molecule has 8 amide bonds. The molecule has 2 saturated heterocycles. The average molecular weight is 900 g/mol. The number of hydrogen-bond donors (Lipinski definition) is 1. The van der Waals surface area contributed by atoms with Crippen molar-refractivity contribution in [3.63, 3.8) is 0 Å². The molecule has 4 rings (SSSR count). The number of amides is 8. The average Bonchev–Trinajstić information content (AvgIpc) is 3.20. The number of rotatable bonds is 19. The molecule has 0 aliphatic carbocycles. The Balaban J connectivity index is 1.92. The molecule has 2 aromatic rings. The van der Waals surface area contributed by atoms with Gasteiger partial charge in [-0.25, -0.2) is 22.7 Å². The van der Waals surface area contributed by atoms with E-state index in [1.807, 2.05) is 13.8 Å². The number of likely N-dealkylation sites (N-methyl/N-ethyl adjacent to an activating group) is 4. The van der Waals surface area contributed by atoms with Crippen molar-refractivity contribution in [2.75, 3.05) is 32.5 Å². The van der Waals surface area contributed by atoms with Gasteiger partial charge in [0.05, 0.1) is 22.0 Å². The molecule has 0 radical (unpaired) electrons. The molecule has 2 aliphatic heterocycles. The first-order valence-electron chi connectivity index (χ1n) is 20.2. The number of nitrogens with one attached hydrogen (secondary N) is 1. The number of sulfonamides is 1. The van der Waals surface area contributed by atoms with Crippen LogP contribution in [0.4, 0.5) is 26.7 Å². The zero-order chi connectivity index (χ0) is 46.4. The number of barbiturate groups is 2. The maximum atomic E-state index is 14.4. The predicted octanol–water partition coefficient (Wildman–Crippen LogP) is 5.67. The van der Waals surface area contributed by atoms with Crippen LogP contribution in [0.2, 0.25) is 0 Å². The van der Waals surface area contributed by atoms with Gasteiger partial charge in [-0.2, -0.15) is 20.5 Å². The largest absolute Gasteiger partial charge is 0.755 e. The molecule has 0 bridgehead atoms. The SMILES string of the molecule is CC(C)CCCC(C)NS(=O)(=O)c1cc(N=NC2C(=O)N(C)C(=O)N(C)C2=O)ccc1-c1ccc(N=NC2C(=O)N(C)C(=O)N(C)C2=O)cc1N(C(C)CCCC(C)C)S(=O)[O-]. The lowest BCUT2D eigenvalue weighted by molar-refractivity contribution is -0.144. The van der Waals surface area contributed by atoms with Crippen molar-refractivity contribution in [2.24, 2.45) is 32.3 Å². The van der Waals surface area contributed by atoms with Crippen molar-refractivity contribution in [3.8, 4) is 11.1 Å². The Kier molecular flexibility index (Phi) is 16.5. The van der Waals surface area contributed by atoms with Gasteiger partial charge in [0.2, 0.25) is 22.1 Å².